The quantitative estimate of drug-likeness (QED) is 0.164. The lowest BCUT2D eigenvalue weighted by Gasteiger charge is -2.26. The number of nitrogens with zero attached hydrogens (tertiary/aromatic N) is 4. The van der Waals surface area contributed by atoms with E-state index in [0.717, 1.165) is 39.3 Å². The number of nitrogens with one attached hydrogen (secondary N) is 4. The van der Waals surface area contributed by atoms with E-state index in [4.69, 9.17) is 0 Å². The molecule has 5 aromatic rings. The van der Waals surface area contributed by atoms with Crippen LogP contribution in [0.1, 0.15) is 59.2 Å². The second-order valence-electron chi connectivity index (χ2n) is 12.6. The third-order valence-corrected chi connectivity index (χ3v) is 9.31. The van der Waals surface area contributed by atoms with Gasteiger partial charge in [-0.15, -0.1) is 0 Å². The first-order valence-corrected chi connectivity index (χ1v) is 16.8. The van der Waals surface area contributed by atoms with Crippen molar-refractivity contribution in [3.05, 3.63) is 71.5 Å². The number of hydrogen-bond acceptors (Lipinski definition) is 6. The Labute approximate surface area is 273 Å². The highest BCUT2D eigenvalue weighted by molar-refractivity contribution is 5.98. The Morgan fingerprint density at radius 2 is 1.17 bits per heavy atom. The summed E-state index contributed by atoms with van der Waals surface area (Å²) in [6.07, 6.45) is 7.46. The molecular weight excluding hydrogens is 595 g/mol. The van der Waals surface area contributed by atoms with E-state index in [-0.39, 0.29) is 11.8 Å². The van der Waals surface area contributed by atoms with Crippen LogP contribution >= 0.6 is 0 Å². The monoisotopic (exact) mass is 636 g/mol. The molecule has 2 saturated heterocycles. The number of aromatic amines is 2. The van der Waals surface area contributed by atoms with Crippen molar-refractivity contribution in [1.82, 2.24) is 40.4 Å². The maximum absolute atomic E-state index is 15.5. The van der Waals surface area contributed by atoms with Gasteiger partial charge in [0.05, 0.1) is 27.6 Å². The van der Waals surface area contributed by atoms with E-state index >= 15 is 4.39 Å². The molecule has 4 heterocycles. The molecule has 11 heteroatoms. The van der Waals surface area contributed by atoms with Crippen LogP contribution in [0.4, 0.5) is 4.39 Å². The predicted octanol–water partition coefficient (Wildman–Crippen LogP) is 5.34. The third-order valence-electron chi connectivity index (χ3n) is 9.31. The summed E-state index contributed by atoms with van der Waals surface area (Å²) in [4.78, 5) is 46.0. The minimum atomic E-state index is -0.452. The molecule has 4 N–H and O–H groups in total. The maximum Gasteiger partial charge on any atom is 0.251 e. The normalized spacial score (nSPS) is 16.1. The fraction of sp³-hybridized carbons (Fsp3) is 0.389. The summed E-state index contributed by atoms with van der Waals surface area (Å²) in [5.41, 5.74) is 4.69. The molecular formula is C36H41FN8O2. The average molecular weight is 637 g/mol. The molecule has 3 aromatic carbocycles. The summed E-state index contributed by atoms with van der Waals surface area (Å²) in [5.74, 6) is 0.177. The van der Waals surface area contributed by atoms with E-state index < -0.39 is 5.82 Å². The first-order valence-electron chi connectivity index (χ1n) is 16.8. The van der Waals surface area contributed by atoms with Gasteiger partial charge in [0, 0.05) is 42.9 Å². The van der Waals surface area contributed by atoms with Crippen molar-refractivity contribution >= 4 is 33.9 Å². The predicted molar refractivity (Wildman–Crippen MR) is 182 cm³/mol. The molecule has 2 amide bonds. The minimum absolute atomic E-state index is 0.123. The zero-order valence-corrected chi connectivity index (χ0v) is 26.6. The van der Waals surface area contributed by atoms with E-state index in [0.29, 0.717) is 69.1 Å². The molecule has 0 saturated carbocycles. The number of likely N-dealkylation sites (tertiary alicyclic amines) is 2. The molecule has 2 aliphatic rings. The van der Waals surface area contributed by atoms with Crippen LogP contribution in [-0.4, -0.2) is 93.9 Å². The number of aromatic nitrogens is 4. The van der Waals surface area contributed by atoms with Gasteiger partial charge in [-0.3, -0.25) is 9.59 Å². The van der Waals surface area contributed by atoms with Gasteiger partial charge in [-0.25, -0.2) is 14.4 Å². The Morgan fingerprint density at radius 1 is 0.660 bits per heavy atom. The summed E-state index contributed by atoms with van der Waals surface area (Å²) in [5, 5.41) is 6.03. The summed E-state index contributed by atoms with van der Waals surface area (Å²) >= 11 is 0. The van der Waals surface area contributed by atoms with Crippen molar-refractivity contribution in [2.75, 3.05) is 52.4 Å². The minimum Gasteiger partial charge on any atom is -0.351 e. The number of imidazole rings is 2. The second-order valence-corrected chi connectivity index (χ2v) is 12.6. The molecule has 2 aliphatic heterocycles. The Hall–Kier alpha value is -4.61. The molecule has 0 spiro atoms. The molecule has 0 bridgehead atoms. The first-order chi connectivity index (χ1) is 23.0. The van der Waals surface area contributed by atoms with Gasteiger partial charge in [0.25, 0.3) is 11.8 Å². The van der Waals surface area contributed by atoms with Crippen LogP contribution in [0, 0.1) is 5.82 Å². The SMILES string of the molecule is O=C(NCCN1CCCCC1)c1ccc2nc(-c3ccc(-c4nc5ccc(C(=O)NCCN6CCCCC6)cc5[nH]4)c(F)c3)[nH]c2c1. The molecule has 0 aliphatic carbocycles. The number of hydrogen-bond donors (Lipinski definition) is 4. The number of halogens is 1. The van der Waals surface area contributed by atoms with E-state index in [9.17, 15) is 9.59 Å². The lowest BCUT2D eigenvalue weighted by atomic mass is 10.1. The van der Waals surface area contributed by atoms with Gasteiger partial charge < -0.3 is 30.4 Å². The largest absolute Gasteiger partial charge is 0.351 e. The number of carbonyl (C=O) groups excluding carboxylic acids is 2. The van der Waals surface area contributed by atoms with Crippen LogP contribution in [0.25, 0.3) is 44.8 Å². The Bertz CT molecular complexity index is 1890. The third kappa shape index (κ3) is 7.21. The van der Waals surface area contributed by atoms with Gasteiger partial charge in [-0.2, -0.15) is 0 Å². The zero-order chi connectivity index (χ0) is 32.2. The second kappa shape index (κ2) is 14.0. The van der Waals surface area contributed by atoms with Crippen molar-refractivity contribution in [1.29, 1.82) is 0 Å². The number of rotatable bonds is 10. The summed E-state index contributed by atoms with van der Waals surface area (Å²) in [7, 11) is 0. The Balaban J connectivity index is 1.00. The zero-order valence-electron chi connectivity index (χ0n) is 26.6. The fourth-order valence-corrected chi connectivity index (χ4v) is 6.65. The summed E-state index contributed by atoms with van der Waals surface area (Å²) in [6, 6.07) is 15.5. The topological polar surface area (TPSA) is 122 Å². The van der Waals surface area contributed by atoms with Gasteiger partial charge in [-0.1, -0.05) is 18.9 Å². The van der Waals surface area contributed by atoms with Crippen molar-refractivity contribution in [3.8, 4) is 22.8 Å². The van der Waals surface area contributed by atoms with Crippen LogP contribution in [0.3, 0.4) is 0 Å². The van der Waals surface area contributed by atoms with Gasteiger partial charge in [0.15, 0.2) is 0 Å². The lowest BCUT2D eigenvalue weighted by Crippen LogP contribution is -2.37. The molecule has 244 valence electrons. The number of piperidine rings is 2. The standard InChI is InChI=1S/C36H41FN8O2/c37-28-21-24(33-40-29-11-8-25(22-31(29)42-33)35(46)38-13-19-44-15-3-1-4-16-44)7-10-27(28)34-41-30-12-9-26(23-32(30)43-34)36(47)39-14-20-45-17-5-2-6-18-45/h7-12,21-23H,1-6,13-20H2,(H,38,46)(H,39,47)(H,40,42)(H,41,43). The molecule has 10 nitrogen and oxygen atoms in total. The fourth-order valence-electron chi connectivity index (χ4n) is 6.65. The van der Waals surface area contributed by atoms with E-state index in [1.54, 1.807) is 48.5 Å². The summed E-state index contributed by atoms with van der Waals surface area (Å²) < 4.78 is 15.5. The molecule has 0 radical (unpaired) electrons. The molecule has 0 unspecified atom stereocenters. The van der Waals surface area contributed by atoms with E-state index in [2.05, 4.69) is 40.4 Å². The number of benzene rings is 3. The van der Waals surface area contributed by atoms with Gasteiger partial charge in [-0.05, 0) is 100 Å². The smallest absolute Gasteiger partial charge is 0.251 e. The van der Waals surface area contributed by atoms with Crippen LogP contribution in [0.5, 0.6) is 0 Å². The van der Waals surface area contributed by atoms with Gasteiger partial charge >= 0.3 is 0 Å². The highest BCUT2D eigenvalue weighted by Gasteiger charge is 2.17. The van der Waals surface area contributed by atoms with Crippen LogP contribution < -0.4 is 10.6 Å². The van der Waals surface area contributed by atoms with Crippen molar-refractivity contribution in [2.45, 2.75) is 38.5 Å². The number of carbonyl (C=O) groups is 2. The van der Waals surface area contributed by atoms with Crippen molar-refractivity contribution in [2.24, 2.45) is 0 Å². The van der Waals surface area contributed by atoms with Crippen LogP contribution in [0.15, 0.2) is 54.6 Å². The van der Waals surface area contributed by atoms with Gasteiger partial charge in [0.1, 0.15) is 17.5 Å². The van der Waals surface area contributed by atoms with E-state index in [1.807, 2.05) is 0 Å². The maximum atomic E-state index is 15.5. The van der Waals surface area contributed by atoms with Gasteiger partial charge in [0.2, 0.25) is 0 Å². The van der Waals surface area contributed by atoms with Crippen LogP contribution in [0.2, 0.25) is 0 Å². The Kier molecular flexibility index (Phi) is 9.25. The van der Waals surface area contributed by atoms with Crippen LogP contribution in [-0.2, 0) is 0 Å². The number of H-pyrrole nitrogens is 2. The molecule has 7 rings (SSSR count). The Morgan fingerprint density at radius 3 is 1.70 bits per heavy atom. The molecule has 0 atom stereocenters. The summed E-state index contributed by atoms with van der Waals surface area (Å²) in [6.45, 7) is 7.29. The number of amides is 2. The van der Waals surface area contributed by atoms with Crippen molar-refractivity contribution < 1.29 is 14.0 Å². The molecule has 2 fully saturated rings. The average Bonchev–Trinajstić information content (AvgIpc) is 3.73. The first kappa shape index (κ1) is 31.0. The lowest BCUT2D eigenvalue weighted by molar-refractivity contribution is 0.0938. The highest BCUT2D eigenvalue weighted by atomic mass is 19.1. The highest BCUT2D eigenvalue weighted by Crippen LogP contribution is 2.28. The molecule has 47 heavy (non-hydrogen) atoms. The number of fused-ring (bicyclic) bond motifs is 2. The molecule has 2 aromatic heterocycles. The van der Waals surface area contributed by atoms with Crippen molar-refractivity contribution in [3.63, 3.8) is 0 Å². The van der Waals surface area contributed by atoms with E-state index in [1.165, 1.54) is 44.6 Å².